The molecule has 0 aliphatic carbocycles. The van der Waals surface area contributed by atoms with Gasteiger partial charge in [0.2, 0.25) is 0 Å². The second kappa shape index (κ2) is 4.47. The van der Waals surface area contributed by atoms with Crippen molar-refractivity contribution in [2.75, 3.05) is 13.1 Å². The fourth-order valence-corrected chi connectivity index (χ4v) is 2.16. The fraction of sp³-hybridized carbons (Fsp3) is 0.500. The van der Waals surface area contributed by atoms with Gasteiger partial charge in [0.1, 0.15) is 11.6 Å². The lowest BCUT2D eigenvalue weighted by Gasteiger charge is -2.24. The average Bonchev–Trinajstić information content (AvgIpc) is 2.64. The lowest BCUT2D eigenvalue weighted by molar-refractivity contribution is 0.162. The van der Waals surface area contributed by atoms with Crippen LogP contribution in [-0.2, 0) is 0 Å². The molecular formula is C12H15F2NO. The number of benzene rings is 1. The Kier molecular flexibility index (Phi) is 3.21. The zero-order valence-electron chi connectivity index (χ0n) is 9.16. The molecule has 88 valence electrons. The summed E-state index contributed by atoms with van der Waals surface area (Å²) in [7, 11) is 0. The summed E-state index contributed by atoms with van der Waals surface area (Å²) in [4.78, 5) is 2.00. The molecule has 1 aliphatic rings. The van der Waals surface area contributed by atoms with E-state index < -0.39 is 11.6 Å². The lowest BCUT2D eigenvalue weighted by Crippen LogP contribution is -2.26. The van der Waals surface area contributed by atoms with E-state index in [0.29, 0.717) is 18.5 Å². The van der Waals surface area contributed by atoms with Crippen molar-refractivity contribution in [1.29, 1.82) is 0 Å². The number of halogens is 2. The Morgan fingerprint density at radius 3 is 2.75 bits per heavy atom. The van der Waals surface area contributed by atoms with Gasteiger partial charge in [-0.05, 0) is 19.4 Å². The van der Waals surface area contributed by atoms with Crippen LogP contribution in [0, 0.1) is 11.6 Å². The molecule has 1 fully saturated rings. The molecule has 1 N–H and O–H groups in total. The van der Waals surface area contributed by atoms with Gasteiger partial charge in [-0.15, -0.1) is 0 Å². The van der Waals surface area contributed by atoms with Gasteiger partial charge in [-0.25, -0.2) is 8.78 Å². The second-order valence-electron chi connectivity index (χ2n) is 4.28. The van der Waals surface area contributed by atoms with E-state index >= 15 is 0 Å². The molecule has 0 amide bonds. The van der Waals surface area contributed by atoms with Crippen LogP contribution in [0.25, 0.3) is 0 Å². The predicted molar refractivity (Wildman–Crippen MR) is 57.0 cm³/mol. The van der Waals surface area contributed by atoms with Crippen molar-refractivity contribution in [2.24, 2.45) is 0 Å². The van der Waals surface area contributed by atoms with E-state index in [1.807, 2.05) is 11.8 Å². The van der Waals surface area contributed by atoms with Crippen LogP contribution in [0.2, 0.25) is 0 Å². The van der Waals surface area contributed by atoms with E-state index in [2.05, 4.69) is 0 Å². The van der Waals surface area contributed by atoms with Gasteiger partial charge in [0.05, 0.1) is 6.10 Å². The fourth-order valence-electron chi connectivity index (χ4n) is 2.16. The average molecular weight is 227 g/mol. The monoisotopic (exact) mass is 227 g/mol. The minimum atomic E-state index is -0.560. The van der Waals surface area contributed by atoms with Gasteiger partial charge < -0.3 is 5.11 Å². The maximum atomic E-state index is 13.5. The molecule has 1 saturated heterocycles. The number of likely N-dealkylation sites (tertiary alicyclic amines) is 1. The molecule has 2 rings (SSSR count). The van der Waals surface area contributed by atoms with Crippen LogP contribution in [-0.4, -0.2) is 29.2 Å². The van der Waals surface area contributed by atoms with E-state index in [9.17, 15) is 13.9 Å². The molecule has 0 saturated carbocycles. The highest BCUT2D eigenvalue weighted by atomic mass is 19.1. The van der Waals surface area contributed by atoms with E-state index in [0.717, 1.165) is 12.6 Å². The van der Waals surface area contributed by atoms with Crippen LogP contribution in [0.15, 0.2) is 18.2 Å². The molecule has 1 unspecified atom stereocenters. The third-order valence-electron chi connectivity index (χ3n) is 3.16. The maximum Gasteiger partial charge on any atom is 0.130 e. The minimum Gasteiger partial charge on any atom is -0.392 e. The summed E-state index contributed by atoms with van der Waals surface area (Å²) in [6.45, 7) is 3.17. The van der Waals surface area contributed by atoms with Crippen LogP contribution in [0.1, 0.15) is 24.9 Å². The van der Waals surface area contributed by atoms with Crippen LogP contribution < -0.4 is 0 Å². The minimum absolute atomic E-state index is 0.127. The first-order chi connectivity index (χ1) is 7.58. The van der Waals surface area contributed by atoms with Crippen molar-refractivity contribution in [3.8, 4) is 0 Å². The first-order valence-electron chi connectivity index (χ1n) is 5.45. The molecule has 4 heteroatoms. The molecule has 0 spiro atoms. The molecule has 1 aromatic carbocycles. The van der Waals surface area contributed by atoms with Crippen molar-refractivity contribution in [3.63, 3.8) is 0 Å². The van der Waals surface area contributed by atoms with Gasteiger partial charge >= 0.3 is 0 Å². The highest BCUT2D eigenvalue weighted by molar-refractivity contribution is 5.22. The second-order valence-corrected chi connectivity index (χ2v) is 4.28. The lowest BCUT2D eigenvalue weighted by atomic mass is 10.1. The van der Waals surface area contributed by atoms with Gasteiger partial charge in [0.15, 0.2) is 0 Å². The van der Waals surface area contributed by atoms with Crippen LogP contribution in [0.5, 0.6) is 0 Å². The topological polar surface area (TPSA) is 23.5 Å². The Labute approximate surface area is 93.5 Å². The van der Waals surface area contributed by atoms with Crippen molar-refractivity contribution in [2.45, 2.75) is 25.5 Å². The Morgan fingerprint density at radius 1 is 1.44 bits per heavy atom. The van der Waals surface area contributed by atoms with Gasteiger partial charge in [-0.2, -0.15) is 0 Å². The maximum absolute atomic E-state index is 13.5. The SMILES string of the molecule is CC(c1ccc(F)cc1F)N1CC[C@H](O)C1. The summed E-state index contributed by atoms with van der Waals surface area (Å²) >= 11 is 0. The molecule has 1 aromatic rings. The molecule has 2 nitrogen and oxygen atoms in total. The number of nitrogens with zero attached hydrogens (tertiary/aromatic N) is 1. The third-order valence-corrected chi connectivity index (χ3v) is 3.16. The smallest absolute Gasteiger partial charge is 0.130 e. The van der Waals surface area contributed by atoms with E-state index in [-0.39, 0.29) is 12.1 Å². The zero-order valence-corrected chi connectivity index (χ0v) is 9.16. The van der Waals surface area contributed by atoms with Gasteiger partial charge in [-0.3, -0.25) is 4.90 Å². The van der Waals surface area contributed by atoms with Gasteiger partial charge in [-0.1, -0.05) is 6.07 Å². The molecule has 0 aromatic heterocycles. The largest absolute Gasteiger partial charge is 0.392 e. The highest BCUT2D eigenvalue weighted by Crippen LogP contribution is 2.26. The van der Waals surface area contributed by atoms with Crippen LogP contribution >= 0.6 is 0 Å². The molecule has 0 bridgehead atoms. The van der Waals surface area contributed by atoms with Crippen molar-refractivity contribution in [3.05, 3.63) is 35.4 Å². The summed E-state index contributed by atoms with van der Waals surface area (Å²) < 4.78 is 26.3. The first-order valence-corrected chi connectivity index (χ1v) is 5.45. The standard InChI is InChI=1S/C12H15F2NO/c1-8(15-5-4-10(16)7-15)11-3-2-9(13)6-12(11)14/h2-3,6,8,10,16H,4-5,7H2,1H3/t8?,10-/m0/s1. The molecule has 16 heavy (non-hydrogen) atoms. The third kappa shape index (κ3) is 2.23. The molecule has 1 heterocycles. The van der Waals surface area contributed by atoms with Crippen molar-refractivity contribution >= 4 is 0 Å². The first kappa shape index (κ1) is 11.5. The summed E-state index contributed by atoms with van der Waals surface area (Å²) in [5, 5.41) is 9.41. The van der Waals surface area contributed by atoms with Crippen molar-refractivity contribution < 1.29 is 13.9 Å². The zero-order chi connectivity index (χ0) is 11.7. The van der Waals surface area contributed by atoms with Crippen molar-refractivity contribution in [1.82, 2.24) is 4.90 Å². The summed E-state index contributed by atoms with van der Waals surface area (Å²) in [6.07, 6.45) is 0.388. The Bertz CT molecular complexity index is 383. The number of aliphatic hydroxyl groups excluding tert-OH is 1. The summed E-state index contributed by atoms with van der Waals surface area (Å²) in [6, 6.07) is 3.51. The van der Waals surface area contributed by atoms with E-state index in [1.54, 1.807) is 0 Å². The van der Waals surface area contributed by atoms with E-state index in [4.69, 9.17) is 0 Å². The number of hydrogen-bond acceptors (Lipinski definition) is 2. The number of rotatable bonds is 2. The Morgan fingerprint density at radius 2 is 2.19 bits per heavy atom. The normalized spacial score (nSPS) is 23.6. The Balaban J connectivity index is 2.17. The number of hydrogen-bond donors (Lipinski definition) is 1. The summed E-state index contributed by atoms with van der Waals surface area (Å²) in [5.41, 5.74) is 0.482. The Hall–Kier alpha value is -1.00. The predicted octanol–water partition coefficient (Wildman–Crippen LogP) is 2.09. The molecular weight excluding hydrogens is 212 g/mol. The van der Waals surface area contributed by atoms with Crippen LogP contribution in [0.3, 0.4) is 0 Å². The number of β-amino-alcohol motifs (C(OH)–C–C–N with tert-alkyl or cyclic N) is 1. The molecule has 2 atom stereocenters. The quantitative estimate of drug-likeness (QED) is 0.836. The van der Waals surface area contributed by atoms with Crippen LogP contribution in [0.4, 0.5) is 8.78 Å². The number of aliphatic hydroxyl groups is 1. The molecule has 1 aliphatic heterocycles. The summed E-state index contributed by atoms with van der Waals surface area (Å²) in [5.74, 6) is -1.08. The van der Waals surface area contributed by atoms with Gasteiger partial charge in [0.25, 0.3) is 0 Å². The molecule has 0 radical (unpaired) electrons. The van der Waals surface area contributed by atoms with Gasteiger partial charge in [0, 0.05) is 30.8 Å². The highest BCUT2D eigenvalue weighted by Gasteiger charge is 2.26. The van der Waals surface area contributed by atoms with E-state index in [1.165, 1.54) is 12.1 Å².